The zero-order valence-electron chi connectivity index (χ0n) is 12.0. The third-order valence-corrected chi connectivity index (χ3v) is 4.63. The number of rotatable bonds is 3. The number of hydrogen-bond donors (Lipinski definition) is 2. The molecule has 0 bridgehead atoms. The van der Waals surface area contributed by atoms with Crippen LogP contribution in [0.1, 0.15) is 37.3 Å². The average Bonchev–Trinajstić information content (AvgIpc) is 2.56. The Labute approximate surface area is 120 Å². The van der Waals surface area contributed by atoms with Crippen LogP contribution in [0.2, 0.25) is 0 Å². The van der Waals surface area contributed by atoms with Crippen molar-refractivity contribution in [2.75, 3.05) is 37.7 Å². The second-order valence-electron chi connectivity index (χ2n) is 5.94. The highest BCUT2D eigenvalue weighted by Gasteiger charge is 2.21. The van der Waals surface area contributed by atoms with Crippen LogP contribution in [0.4, 0.5) is 5.82 Å². The summed E-state index contributed by atoms with van der Waals surface area (Å²) in [6.07, 6.45) is 6.17. The maximum absolute atomic E-state index is 9.21. The van der Waals surface area contributed by atoms with Gasteiger partial charge in [0.25, 0.3) is 0 Å². The lowest BCUT2D eigenvalue weighted by Gasteiger charge is -2.32. The van der Waals surface area contributed by atoms with Crippen LogP contribution < -0.4 is 10.2 Å². The van der Waals surface area contributed by atoms with Crippen LogP contribution in [0.3, 0.4) is 0 Å². The van der Waals surface area contributed by atoms with E-state index in [1.54, 1.807) is 6.33 Å². The summed E-state index contributed by atoms with van der Waals surface area (Å²) >= 11 is 0. The zero-order chi connectivity index (χ0) is 13.8. The van der Waals surface area contributed by atoms with E-state index in [4.69, 9.17) is 0 Å². The first kappa shape index (κ1) is 13.8. The van der Waals surface area contributed by atoms with Gasteiger partial charge in [-0.05, 0) is 44.7 Å². The molecule has 20 heavy (non-hydrogen) atoms. The largest absolute Gasteiger partial charge is 0.396 e. The van der Waals surface area contributed by atoms with E-state index in [0.29, 0.717) is 18.4 Å². The summed E-state index contributed by atoms with van der Waals surface area (Å²) in [6.45, 7) is 4.48. The van der Waals surface area contributed by atoms with Gasteiger partial charge in [-0.2, -0.15) is 0 Å². The summed E-state index contributed by atoms with van der Waals surface area (Å²) < 4.78 is 0. The smallest absolute Gasteiger partial charge is 0.132 e. The van der Waals surface area contributed by atoms with E-state index >= 15 is 0 Å². The lowest BCUT2D eigenvalue weighted by atomic mass is 9.94. The predicted octanol–water partition coefficient (Wildman–Crippen LogP) is 1.15. The molecule has 0 radical (unpaired) electrons. The number of anilines is 1. The first-order chi connectivity index (χ1) is 9.86. The second-order valence-corrected chi connectivity index (χ2v) is 5.94. The SMILES string of the molecule is OCC1CCN(c2cc(C3CCNCC3)ncn2)CC1. The van der Waals surface area contributed by atoms with Crippen molar-refractivity contribution in [3.63, 3.8) is 0 Å². The molecule has 2 aliphatic rings. The molecule has 0 aliphatic carbocycles. The predicted molar refractivity (Wildman–Crippen MR) is 78.9 cm³/mol. The molecule has 2 fully saturated rings. The highest BCUT2D eigenvalue weighted by Crippen LogP contribution is 2.27. The topological polar surface area (TPSA) is 61.3 Å². The average molecular weight is 276 g/mol. The Balaban J connectivity index is 1.68. The van der Waals surface area contributed by atoms with Crippen molar-refractivity contribution in [2.45, 2.75) is 31.6 Å². The van der Waals surface area contributed by atoms with Gasteiger partial charge in [-0.1, -0.05) is 0 Å². The van der Waals surface area contributed by atoms with Gasteiger partial charge in [0.1, 0.15) is 12.1 Å². The molecular weight excluding hydrogens is 252 g/mol. The van der Waals surface area contributed by atoms with Gasteiger partial charge in [0.15, 0.2) is 0 Å². The number of hydrogen-bond acceptors (Lipinski definition) is 5. The van der Waals surface area contributed by atoms with Crippen molar-refractivity contribution in [3.05, 3.63) is 18.1 Å². The molecule has 2 saturated heterocycles. The highest BCUT2D eigenvalue weighted by atomic mass is 16.3. The van der Waals surface area contributed by atoms with Gasteiger partial charge in [0.05, 0.1) is 0 Å². The Hall–Kier alpha value is -1.20. The van der Waals surface area contributed by atoms with E-state index in [1.807, 2.05) is 0 Å². The number of nitrogens with one attached hydrogen (secondary N) is 1. The molecule has 0 spiro atoms. The standard InChI is InChI=1S/C15H24N4O/c20-10-12-3-7-19(8-4-12)15-9-14(17-11-18-15)13-1-5-16-6-2-13/h9,11-13,16,20H,1-8,10H2. The van der Waals surface area contributed by atoms with E-state index in [9.17, 15) is 5.11 Å². The summed E-state index contributed by atoms with van der Waals surface area (Å²) in [5, 5.41) is 12.6. The van der Waals surface area contributed by atoms with Gasteiger partial charge in [-0.3, -0.25) is 0 Å². The molecule has 2 N–H and O–H groups in total. The summed E-state index contributed by atoms with van der Waals surface area (Å²) in [4.78, 5) is 11.3. The van der Waals surface area contributed by atoms with Crippen molar-refractivity contribution < 1.29 is 5.11 Å². The Morgan fingerprint density at radius 1 is 1.15 bits per heavy atom. The molecule has 3 rings (SSSR count). The van der Waals surface area contributed by atoms with E-state index in [-0.39, 0.29) is 0 Å². The number of aliphatic hydroxyl groups is 1. The molecule has 1 aromatic heterocycles. The molecule has 0 atom stereocenters. The molecule has 0 unspecified atom stereocenters. The van der Waals surface area contributed by atoms with Crippen LogP contribution in [0, 0.1) is 5.92 Å². The van der Waals surface area contributed by atoms with E-state index < -0.39 is 0 Å². The molecule has 0 aromatic carbocycles. The monoisotopic (exact) mass is 276 g/mol. The minimum Gasteiger partial charge on any atom is -0.396 e. The van der Waals surface area contributed by atoms with Crippen molar-refractivity contribution >= 4 is 5.82 Å². The lowest BCUT2D eigenvalue weighted by molar-refractivity contribution is 0.203. The number of nitrogens with zero attached hydrogens (tertiary/aromatic N) is 3. The summed E-state index contributed by atoms with van der Waals surface area (Å²) in [7, 11) is 0. The molecule has 2 aliphatic heterocycles. The molecule has 3 heterocycles. The lowest BCUT2D eigenvalue weighted by Crippen LogP contribution is -2.35. The van der Waals surface area contributed by atoms with Gasteiger partial charge in [-0.25, -0.2) is 9.97 Å². The van der Waals surface area contributed by atoms with Gasteiger partial charge >= 0.3 is 0 Å². The summed E-state index contributed by atoms with van der Waals surface area (Å²) in [6, 6.07) is 2.18. The Kier molecular flexibility index (Phi) is 4.47. The van der Waals surface area contributed by atoms with Crippen molar-refractivity contribution in [3.8, 4) is 0 Å². The molecule has 5 nitrogen and oxygen atoms in total. The first-order valence-electron chi connectivity index (χ1n) is 7.75. The maximum Gasteiger partial charge on any atom is 0.132 e. The Bertz CT molecular complexity index is 426. The van der Waals surface area contributed by atoms with Crippen LogP contribution in [0.5, 0.6) is 0 Å². The maximum atomic E-state index is 9.21. The fourth-order valence-electron chi connectivity index (χ4n) is 3.22. The quantitative estimate of drug-likeness (QED) is 0.867. The normalized spacial score (nSPS) is 22.1. The molecular formula is C15H24N4O. The van der Waals surface area contributed by atoms with Crippen LogP contribution in [0.15, 0.2) is 12.4 Å². The number of aliphatic hydroxyl groups excluding tert-OH is 1. The van der Waals surface area contributed by atoms with Gasteiger partial charge in [-0.15, -0.1) is 0 Å². The minimum atomic E-state index is 0.317. The molecule has 0 saturated carbocycles. The summed E-state index contributed by atoms with van der Waals surface area (Å²) in [5.74, 6) is 2.11. The third kappa shape index (κ3) is 3.10. The number of piperidine rings is 2. The fraction of sp³-hybridized carbons (Fsp3) is 0.733. The van der Waals surface area contributed by atoms with E-state index in [1.165, 1.54) is 18.5 Å². The fourth-order valence-corrected chi connectivity index (χ4v) is 3.22. The third-order valence-electron chi connectivity index (χ3n) is 4.63. The molecule has 1 aromatic rings. The summed E-state index contributed by atoms with van der Waals surface area (Å²) in [5.41, 5.74) is 1.20. The van der Waals surface area contributed by atoms with Crippen LogP contribution >= 0.6 is 0 Å². The van der Waals surface area contributed by atoms with Crippen LogP contribution in [0.25, 0.3) is 0 Å². The van der Waals surface area contributed by atoms with Crippen molar-refractivity contribution in [1.29, 1.82) is 0 Å². The van der Waals surface area contributed by atoms with Gasteiger partial charge in [0, 0.05) is 37.4 Å². The highest BCUT2D eigenvalue weighted by molar-refractivity contribution is 5.40. The minimum absolute atomic E-state index is 0.317. The van der Waals surface area contributed by atoms with Crippen LogP contribution in [-0.4, -0.2) is 47.9 Å². The molecule has 0 amide bonds. The first-order valence-corrected chi connectivity index (χ1v) is 7.75. The molecule has 5 heteroatoms. The van der Waals surface area contributed by atoms with E-state index in [0.717, 1.165) is 44.8 Å². The Morgan fingerprint density at radius 2 is 1.90 bits per heavy atom. The Morgan fingerprint density at radius 3 is 2.60 bits per heavy atom. The van der Waals surface area contributed by atoms with Gasteiger partial charge in [0.2, 0.25) is 0 Å². The second kappa shape index (κ2) is 6.50. The molecule has 110 valence electrons. The van der Waals surface area contributed by atoms with Crippen molar-refractivity contribution in [2.24, 2.45) is 5.92 Å². The zero-order valence-corrected chi connectivity index (χ0v) is 12.0. The van der Waals surface area contributed by atoms with Crippen LogP contribution in [-0.2, 0) is 0 Å². The van der Waals surface area contributed by atoms with E-state index in [2.05, 4.69) is 26.3 Å². The van der Waals surface area contributed by atoms with Gasteiger partial charge < -0.3 is 15.3 Å². The van der Waals surface area contributed by atoms with Crippen molar-refractivity contribution in [1.82, 2.24) is 15.3 Å². The number of aromatic nitrogens is 2.